The third-order valence-corrected chi connectivity index (χ3v) is 3.35. The molecule has 0 aliphatic heterocycles. The van der Waals surface area contributed by atoms with E-state index in [-0.39, 0.29) is 5.91 Å². The van der Waals surface area contributed by atoms with E-state index in [0.717, 1.165) is 4.47 Å². The van der Waals surface area contributed by atoms with Crippen LogP contribution in [-0.4, -0.2) is 18.0 Å². The van der Waals surface area contributed by atoms with Gasteiger partial charge in [0.25, 0.3) is 5.91 Å². The molecule has 0 aliphatic carbocycles. The summed E-state index contributed by atoms with van der Waals surface area (Å²) >= 11 is 9.27. The summed E-state index contributed by atoms with van der Waals surface area (Å²) in [7, 11) is 1.58. The second-order valence-electron chi connectivity index (χ2n) is 3.66. The number of benzene rings is 1. The fourth-order valence-corrected chi connectivity index (χ4v) is 2.25. The standard InChI is InChI=1S/C13H10BrClN2O2/c1-19-12-3-2-8(6-10(12)14)17-13(18)9-4-5-16-7-11(9)15/h2-7H,1H3,(H,17,18). The maximum atomic E-state index is 12.0. The van der Waals surface area contributed by atoms with E-state index >= 15 is 0 Å². The molecule has 6 heteroatoms. The number of carbonyl (C=O) groups excluding carboxylic acids is 1. The molecular weight excluding hydrogens is 332 g/mol. The average Bonchev–Trinajstić information content (AvgIpc) is 2.39. The molecule has 0 saturated heterocycles. The number of anilines is 1. The first-order chi connectivity index (χ1) is 9.11. The fourth-order valence-electron chi connectivity index (χ4n) is 1.50. The summed E-state index contributed by atoms with van der Waals surface area (Å²) in [4.78, 5) is 15.9. The molecule has 0 atom stereocenters. The molecule has 1 aromatic carbocycles. The smallest absolute Gasteiger partial charge is 0.257 e. The van der Waals surface area contributed by atoms with E-state index in [1.807, 2.05) is 0 Å². The van der Waals surface area contributed by atoms with Gasteiger partial charge < -0.3 is 10.1 Å². The van der Waals surface area contributed by atoms with Crippen molar-refractivity contribution in [2.24, 2.45) is 0 Å². The molecule has 0 saturated carbocycles. The highest BCUT2D eigenvalue weighted by Crippen LogP contribution is 2.28. The van der Waals surface area contributed by atoms with Crippen LogP contribution in [0.5, 0.6) is 5.75 Å². The number of ether oxygens (including phenoxy) is 1. The van der Waals surface area contributed by atoms with Crippen molar-refractivity contribution in [1.29, 1.82) is 0 Å². The van der Waals surface area contributed by atoms with Crippen LogP contribution in [0.4, 0.5) is 5.69 Å². The number of rotatable bonds is 3. The highest BCUT2D eigenvalue weighted by Gasteiger charge is 2.11. The summed E-state index contributed by atoms with van der Waals surface area (Å²) in [5, 5.41) is 3.07. The molecule has 1 heterocycles. The monoisotopic (exact) mass is 340 g/mol. The van der Waals surface area contributed by atoms with Gasteiger partial charge in [0, 0.05) is 18.1 Å². The van der Waals surface area contributed by atoms with Crippen molar-refractivity contribution < 1.29 is 9.53 Å². The third-order valence-electron chi connectivity index (χ3n) is 2.43. The lowest BCUT2D eigenvalue weighted by atomic mass is 10.2. The minimum atomic E-state index is -0.288. The van der Waals surface area contributed by atoms with E-state index in [0.29, 0.717) is 22.0 Å². The summed E-state index contributed by atoms with van der Waals surface area (Å²) in [6, 6.07) is 6.83. The average molecular weight is 342 g/mol. The van der Waals surface area contributed by atoms with Crippen LogP contribution in [0.25, 0.3) is 0 Å². The molecule has 1 amide bonds. The van der Waals surface area contributed by atoms with E-state index < -0.39 is 0 Å². The van der Waals surface area contributed by atoms with Gasteiger partial charge in [0.15, 0.2) is 0 Å². The molecule has 4 nitrogen and oxygen atoms in total. The lowest BCUT2D eigenvalue weighted by molar-refractivity contribution is 0.102. The van der Waals surface area contributed by atoms with Crippen LogP contribution in [0.3, 0.4) is 0 Å². The van der Waals surface area contributed by atoms with Gasteiger partial charge in [-0.1, -0.05) is 11.6 Å². The number of amides is 1. The number of nitrogens with zero attached hydrogens (tertiary/aromatic N) is 1. The lowest BCUT2D eigenvalue weighted by Crippen LogP contribution is -2.12. The predicted octanol–water partition coefficient (Wildman–Crippen LogP) is 3.76. The summed E-state index contributed by atoms with van der Waals surface area (Å²) in [6.07, 6.45) is 2.95. The molecular formula is C13H10BrClN2O2. The number of methoxy groups -OCH3 is 1. The minimum absolute atomic E-state index is 0.288. The molecule has 19 heavy (non-hydrogen) atoms. The Morgan fingerprint density at radius 3 is 2.84 bits per heavy atom. The van der Waals surface area contributed by atoms with Gasteiger partial charge in [-0.25, -0.2) is 0 Å². The van der Waals surface area contributed by atoms with Gasteiger partial charge in [0.1, 0.15) is 5.75 Å². The van der Waals surface area contributed by atoms with Crippen molar-refractivity contribution in [2.75, 3.05) is 12.4 Å². The Hall–Kier alpha value is -1.59. The fraction of sp³-hybridized carbons (Fsp3) is 0.0769. The van der Waals surface area contributed by atoms with Crippen molar-refractivity contribution >= 4 is 39.1 Å². The molecule has 0 aliphatic rings. The SMILES string of the molecule is COc1ccc(NC(=O)c2ccncc2Cl)cc1Br. The van der Waals surface area contributed by atoms with Crippen LogP contribution in [0.2, 0.25) is 5.02 Å². The normalized spacial score (nSPS) is 10.1. The number of halogens is 2. The molecule has 0 bridgehead atoms. The van der Waals surface area contributed by atoms with Crippen LogP contribution in [0.1, 0.15) is 10.4 Å². The van der Waals surface area contributed by atoms with Gasteiger partial charge in [-0.2, -0.15) is 0 Å². The molecule has 0 radical (unpaired) electrons. The first-order valence-corrected chi connectivity index (χ1v) is 6.53. The van der Waals surface area contributed by atoms with Gasteiger partial charge in [-0.05, 0) is 40.2 Å². The summed E-state index contributed by atoms with van der Waals surface area (Å²) in [5.41, 5.74) is 1.02. The Labute approximate surface area is 123 Å². The van der Waals surface area contributed by atoms with Gasteiger partial charge >= 0.3 is 0 Å². The predicted molar refractivity (Wildman–Crippen MR) is 77.9 cm³/mol. The zero-order chi connectivity index (χ0) is 13.8. The lowest BCUT2D eigenvalue weighted by Gasteiger charge is -2.08. The molecule has 0 fully saturated rings. The van der Waals surface area contributed by atoms with Crippen LogP contribution in [0.15, 0.2) is 41.1 Å². The van der Waals surface area contributed by atoms with Crippen molar-refractivity contribution in [1.82, 2.24) is 4.98 Å². The van der Waals surface area contributed by atoms with E-state index in [2.05, 4.69) is 26.2 Å². The van der Waals surface area contributed by atoms with Gasteiger partial charge in [0.2, 0.25) is 0 Å². The number of aromatic nitrogens is 1. The Morgan fingerprint density at radius 1 is 1.42 bits per heavy atom. The number of hydrogen-bond donors (Lipinski definition) is 1. The van der Waals surface area contributed by atoms with Gasteiger partial charge in [0.05, 0.1) is 22.2 Å². The molecule has 0 unspecified atom stereocenters. The van der Waals surface area contributed by atoms with Gasteiger partial charge in [-0.15, -0.1) is 0 Å². The number of carbonyl (C=O) groups is 1. The highest BCUT2D eigenvalue weighted by atomic mass is 79.9. The van der Waals surface area contributed by atoms with E-state index in [1.165, 1.54) is 12.4 Å². The molecule has 98 valence electrons. The van der Waals surface area contributed by atoms with Crippen molar-refractivity contribution in [2.45, 2.75) is 0 Å². The number of hydrogen-bond acceptors (Lipinski definition) is 3. The quantitative estimate of drug-likeness (QED) is 0.925. The topological polar surface area (TPSA) is 51.2 Å². The first kappa shape index (κ1) is 13.8. The number of nitrogens with one attached hydrogen (secondary N) is 1. The van der Waals surface area contributed by atoms with Crippen LogP contribution in [-0.2, 0) is 0 Å². The Morgan fingerprint density at radius 2 is 2.21 bits per heavy atom. The molecule has 0 spiro atoms. The molecule has 2 aromatic rings. The maximum Gasteiger partial charge on any atom is 0.257 e. The summed E-state index contributed by atoms with van der Waals surface area (Å²) in [6.45, 7) is 0. The first-order valence-electron chi connectivity index (χ1n) is 5.36. The highest BCUT2D eigenvalue weighted by molar-refractivity contribution is 9.10. The molecule has 1 N–H and O–H groups in total. The minimum Gasteiger partial charge on any atom is -0.496 e. The second kappa shape index (κ2) is 6.04. The van der Waals surface area contributed by atoms with E-state index in [1.54, 1.807) is 31.4 Å². The summed E-state index contributed by atoms with van der Waals surface area (Å²) in [5.74, 6) is 0.407. The Bertz CT molecular complexity index is 619. The van der Waals surface area contributed by atoms with Gasteiger partial charge in [-0.3, -0.25) is 9.78 Å². The number of pyridine rings is 1. The Kier molecular flexibility index (Phi) is 4.39. The van der Waals surface area contributed by atoms with E-state index in [9.17, 15) is 4.79 Å². The molecule has 2 rings (SSSR count). The second-order valence-corrected chi connectivity index (χ2v) is 4.92. The van der Waals surface area contributed by atoms with Crippen molar-refractivity contribution in [3.05, 3.63) is 51.7 Å². The van der Waals surface area contributed by atoms with Crippen LogP contribution >= 0.6 is 27.5 Å². The largest absolute Gasteiger partial charge is 0.496 e. The van der Waals surface area contributed by atoms with Crippen LogP contribution < -0.4 is 10.1 Å². The Balaban J connectivity index is 2.20. The third kappa shape index (κ3) is 3.24. The van der Waals surface area contributed by atoms with Crippen molar-refractivity contribution in [3.8, 4) is 5.75 Å². The summed E-state index contributed by atoms with van der Waals surface area (Å²) < 4.78 is 5.88. The maximum absolute atomic E-state index is 12.0. The zero-order valence-electron chi connectivity index (χ0n) is 9.98. The van der Waals surface area contributed by atoms with Crippen LogP contribution in [0, 0.1) is 0 Å². The molecule has 1 aromatic heterocycles. The zero-order valence-corrected chi connectivity index (χ0v) is 12.3. The van der Waals surface area contributed by atoms with E-state index in [4.69, 9.17) is 16.3 Å². The van der Waals surface area contributed by atoms with Crippen molar-refractivity contribution in [3.63, 3.8) is 0 Å².